The average Bonchev–Trinajstić information content (AvgIpc) is 3.27. The van der Waals surface area contributed by atoms with Gasteiger partial charge in [-0.1, -0.05) is 25.9 Å². The van der Waals surface area contributed by atoms with Crippen LogP contribution in [0.25, 0.3) is 0 Å². The Labute approximate surface area is 160 Å². The minimum Gasteiger partial charge on any atom is -0.367 e. The molecule has 9 heteroatoms. The lowest BCUT2D eigenvalue weighted by Gasteiger charge is -2.34. The first-order chi connectivity index (χ1) is 12.8. The van der Waals surface area contributed by atoms with E-state index in [1.165, 1.54) is 0 Å². The standard InChI is InChI=1S/C18H30N8O/c1-18(2,3)16-23-15(24-27-16)10-20-17(19-4)22-13-7-6-8-26(11-13)14-9-21-25(5)12-14/h9,12-13H,6-8,10-11H2,1-5H3,(H2,19,20,22). The van der Waals surface area contributed by atoms with Gasteiger partial charge in [0.05, 0.1) is 18.4 Å². The van der Waals surface area contributed by atoms with Gasteiger partial charge in [0, 0.05) is 44.8 Å². The van der Waals surface area contributed by atoms with Gasteiger partial charge in [0.2, 0.25) is 5.89 Å². The summed E-state index contributed by atoms with van der Waals surface area (Å²) in [4.78, 5) is 11.1. The summed E-state index contributed by atoms with van der Waals surface area (Å²) >= 11 is 0. The number of aromatic nitrogens is 4. The van der Waals surface area contributed by atoms with Crippen molar-refractivity contribution in [2.45, 2.75) is 51.6 Å². The van der Waals surface area contributed by atoms with Crippen LogP contribution >= 0.6 is 0 Å². The van der Waals surface area contributed by atoms with Gasteiger partial charge in [-0.15, -0.1) is 0 Å². The van der Waals surface area contributed by atoms with Crippen LogP contribution in [0.15, 0.2) is 21.9 Å². The van der Waals surface area contributed by atoms with Gasteiger partial charge in [-0.25, -0.2) is 0 Å². The number of hydrogen-bond acceptors (Lipinski definition) is 6. The van der Waals surface area contributed by atoms with Crippen molar-refractivity contribution in [2.24, 2.45) is 12.0 Å². The van der Waals surface area contributed by atoms with Crippen molar-refractivity contribution in [3.05, 3.63) is 24.1 Å². The third kappa shape index (κ3) is 4.99. The summed E-state index contributed by atoms with van der Waals surface area (Å²) in [5.41, 5.74) is 1.01. The predicted octanol–water partition coefficient (Wildman–Crippen LogP) is 1.43. The predicted molar refractivity (Wildman–Crippen MR) is 105 cm³/mol. The highest BCUT2D eigenvalue weighted by Crippen LogP contribution is 2.20. The number of anilines is 1. The number of aryl methyl sites for hydroxylation is 1. The molecule has 2 N–H and O–H groups in total. The van der Waals surface area contributed by atoms with Gasteiger partial charge in [0.1, 0.15) is 0 Å². The first-order valence-corrected chi connectivity index (χ1v) is 9.39. The second-order valence-corrected chi connectivity index (χ2v) is 7.99. The van der Waals surface area contributed by atoms with Gasteiger partial charge < -0.3 is 20.1 Å². The molecule has 1 fully saturated rings. The SMILES string of the molecule is CN=C(NCc1noc(C(C)(C)C)n1)NC1CCCN(c2cnn(C)c2)C1. The van der Waals surface area contributed by atoms with Crippen LogP contribution in [0.1, 0.15) is 45.3 Å². The summed E-state index contributed by atoms with van der Waals surface area (Å²) < 4.78 is 7.17. The van der Waals surface area contributed by atoms with Crippen LogP contribution in [0.5, 0.6) is 0 Å². The van der Waals surface area contributed by atoms with E-state index in [0.717, 1.165) is 37.6 Å². The van der Waals surface area contributed by atoms with Gasteiger partial charge in [-0.3, -0.25) is 9.67 Å². The van der Waals surface area contributed by atoms with Gasteiger partial charge in [-0.05, 0) is 12.8 Å². The monoisotopic (exact) mass is 374 g/mol. The van der Waals surface area contributed by atoms with Crippen molar-refractivity contribution in [1.82, 2.24) is 30.6 Å². The van der Waals surface area contributed by atoms with E-state index >= 15 is 0 Å². The summed E-state index contributed by atoms with van der Waals surface area (Å²) in [5.74, 6) is 2.01. The van der Waals surface area contributed by atoms with Gasteiger partial charge in [0.15, 0.2) is 11.8 Å². The topological polar surface area (TPSA) is 96.4 Å². The molecular formula is C18H30N8O. The molecule has 1 unspecified atom stereocenters. The minimum absolute atomic E-state index is 0.150. The zero-order valence-corrected chi connectivity index (χ0v) is 16.9. The quantitative estimate of drug-likeness (QED) is 0.617. The zero-order chi connectivity index (χ0) is 19.4. The summed E-state index contributed by atoms with van der Waals surface area (Å²) in [7, 11) is 3.71. The second-order valence-electron chi connectivity index (χ2n) is 7.99. The molecule has 3 rings (SSSR count). The fourth-order valence-corrected chi connectivity index (χ4v) is 3.08. The molecule has 0 spiro atoms. The maximum absolute atomic E-state index is 5.33. The van der Waals surface area contributed by atoms with Crippen molar-refractivity contribution in [3.63, 3.8) is 0 Å². The molecule has 2 aromatic rings. The molecule has 3 heterocycles. The van der Waals surface area contributed by atoms with E-state index in [0.29, 0.717) is 24.3 Å². The highest BCUT2D eigenvalue weighted by Gasteiger charge is 2.23. The molecule has 2 aromatic heterocycles. The molecule has 1 atom stereocenters. The fraction of sp³-hybridized carbons (Fsp3) is 0.667. The van der Waals surface area contributed by atoms with Crippen molar-refractivity contribution in [1.29, 1.82) is 0 Å². The number of aliphatic imine (C=N–C) groups is 1. The number of hydrogen-bond donors (Lipinski definition) is 2. The third-order valence-electron chi connectivity index (χ3n) is 4.57. The van der Waals surface area contributed by atoms with Crippen LogP contribution in [0, 0.1) is 0 Å². The van der Waals surface area contributed by atoms with Gasteiger partial charge >= 0.3 is 0 Å². The molecular weight excluding hydrogens is 344 g/mol. The molecule has 0 saturated carbocycles. The Morgan fingerprint density at radius 3 is 2.85 bits per heavy atom. The molecule has 0 radical (unpaired) electrons. The van der Waals surface area contributed by atoms with E-state index in [1.807, 2.05) is 17.9 Å². The normalized spacial score (nSPS) is 18.6. The van der Waals surface area contributed by atoms with Crippen molar-refractivity contribution in [2.75, 3.05) is 25.0 Å². The first kappa shape index (κ1) is 19.2. The largest absolute Gasteiger partial charge is 0.367 e. The second kappa shape index (κ2) is 7.98. The Kier molecular flexibility index (Phi) is 5.67. The summed E-state index contributed by atoms with van der Waals surface area (Å²) in [6, 6.07) is 0.320. The molecule has 1 aliphatic rings. The maximum Gasteiger partial charge on any atom is 0.232 e. The number of rotatable bonds is 4. The fourth-order valence-electron chi connectivity index (χ4n) is 3.08. The molecule has 148 valence electrons. The number of nitrogens with zero attached hydrogens (tertiary/aromatic N) is 6. The summed E-state index contributed by atoms with van der Waals surface area (Å²) in [6.07, 6.45) is 6.20. The lowest BCUT2D eigenvalue weighted by Crippen LogP contribution is -2.51. The van der Waals surface area contributed by atoms with Crippen LogP contribution in [0.4, 0.5) is 5.69 Å². The van der Waals surface area contributed by atoms with Crippen molar-refractivity contribution in [3.8, 4) is 0 Å². The summed E-state index contributed by atoms with van der Waals surface area (Å²) in [5, 5.41) is 15.1. The van der Waals surface area contributed by atoms with Gasteiger partial charge in [-0.2, -0.15) is 10.1 Å². The van der Waals surface area contributed by atoms with Crippen LogP contribution < -0.4 is 15.5 Å². The highest BCUT2D eigenvalue weighted by atomic mass is 16.5. The average molecular weight is 374 g/mol. The zero-order valence-electron chi connectivity index (χ0n) is 16.9. The lowest BCUT2D eigenvalue weighted by molar-refractivity contribution is 0.318. The van der Waals surface area contributed by atoms with Crippen molar-refractivity contribution >= 4 is 11.6 Å². The Morgan fingerprint density at radius 2 is 2.22 bits per heavy atom. The minimum atomic E-state index is -0.150. The summed E-state index contributed by atoms with van der Waals surface area (Å²) in [6.45, 7) is 8.59. The van der Waals surface area contributed by atoms with Crippen LogP contribution in [-0.4, -0.2) is 52.1 Å². The van der Waals surface area contributed by atoms with E-state index in [4.69, 9.17) is 4.52 Å². The number of piperidine rings is 1. The Bertz CT molecular complexity index is 772. The smallest absolute Gasteiger partial charge is 0.232 e. The molecule has 1 saturated heterocycles. The maximum atomic E-state index is 5.33. The first-order valence-electron chi connectivity index (χ1n) is 9.39. The van der Waals surface area contributed by atoms with E-state index in [9.17, 15) is 0 Å². The van der Waals surface area contributed by atoms with Crippen molar-refractivity contribution < 1.29 is 4.52 Å². The molecule has 0 aliphatic carbocycles. The van der Waals surface area contributed by atoms with E-state index in [1.54, 1.807) is 7.05 Å². The Hall–Kier alpha value is -2.58. The molecule has 0 bridgehead atoms. The number of guanidine groups is 1. The lowest BCUT2D eigenvalue weighted by atomic mass is 9.97. The van der Waals surface area contributed by atoms with Crippen LogP contribution in [-0.2, 0) is 19.0 Å². The van der Waals surface area contributed by atoms with E-state index in [-0.39, 0.29) is 5.41 Å². The van der Waals surface area contributed by atoms with E-state index < -0.39 is 0 Å². The van der Waals surface area contributed by atoms with Crippen LogP contribution in [0.3, 0.4) is 0 Å². The van der Waals surface area contributed by atoms with Gasteiger partial charge in [0.25, 0.3) is 0 Å². The van der Waals surface area contributed by atoms with E-state index in [2.05, 4.69) is 62.7 Å². The molecule has 27 heavy (non-hydrogen) atoms. The third-order valence-corrected chi connectivity index (χ3v) is 4.57. The molecule has 1 aliphatic heterocycles. The Morgan fingerprint density at radius 1 is 1.41 bits per heavy atom. The van der Waals surface area contributed by atoms with Crippen LogP contribution in [0.2, 0.25) is 0 Å². The number of nitrogens with one attached hydrogen (secondary N) is 2. The molecule has 0 aromatic carbocycles. The molecule has 0 amide bonds. The Balaban J connectivity index is 1.53. The highest BCUT2D eigenvalue weighted by molar-refractivity contribution is 5.80. The molecule has 9 nitrogen and oxygen atoms in total.